The fraction of sp³-hybridized carbons (Fsp3) is 0.321. The summed E-state index contributed by atoms with van der Waals surface area (Å²) < 4.78 is 8.03. The SMILES string of the molecule is Cc1ccc2c(C3CCN(CCc4cccc5c4OCc4c(C(N)=O)ncn4-5)CC3)cccc2n1.Cl.Cl. The van der Waals surface area contributed by atoms with Crippen LogP contribution in [0.3, 0.4) is 0 Å². The first-order valence-electron chi connectivity index (χ1n) is 12.3. The van der Waals surface area contributed by atoms with Gasteiger partial charge in [-0.3, -0.25) is 14.3 Å². The number of carbonyl (C=O) groups excluding carboxylic acids is 1. The van der Waals surface area contributed by atoms with E-state index in [1.807, 2.05) is 23.6 Å². The summed E-state index contributed by atoms with van der Waals surface area (Å²) in [7, 11) is 0. The Kier molecular flexibility index (Phi) is 8.07. The lowest BCUT2D eigenvalue weighted by atomic mass is 9.87. The molecule has 0 bridgehead atoms. The molecule has 4 heterocycles. The highest BCUT2D eigenvalue weighted by molar-refractivity contribution is 5.92. The molecule has 6 rings (SSSR count). The Morgan fingerprint density at radius 2 is 1.86 bits per heavy atom. The van der Waals surface area contributed by atoms with Crippen LogP contribution >= 0.6 is 24.8 Å². The largest absolute Gasteiger partial charge is 0.485 e. The number of likely N-dealkylation sites (tertiary alicyclic amines) is 1. The second-order valence-corrected chi connectivity index (χ2v) is 9.56. The third-order valence-corrected chi connectivity index (χ3v) is 7.42. The molecule has 194 valence electrons. The van der Waals surface area contributed by atoms with Crippen molar-refractivity contribution in [3.05, 3.63) is 83.1 Å². The van der Waals surface area contributed by atoms with Gasteiger partial charge >= 0.3 is 0 Å². The van der Waals surface area contributed by atoms with Crippen LogP contribution in [-0.4, -0.2) is 45.0 Å². The number of piperidine rings is 1. The molecule has 0 saturated carbocycles. The second kappa shape index (κ2) is 11.1. The molecule has 0 spiro atoms. The monoisotopic (exact) mass is 539 g/mol. The van der Waals surface area contributed by atoms with Crippen LogP contribution in [-0.2, 0) is 13.0 Å². The summed E-state index contributed by atoms with van der Waals surface area (Å²) in [5.41, 5.74) is 12.2. The van der Waals surface area contributed by atoms with Gasteiger partial charge in [-0.2, -0.15) is 0 Å². The van der Waals surface area contributed by atoms with E-state index in [0.29, 0.717) is 18.2 Å². The molecule has 2 aliphatic heterocycles. The summed E-state index contributed by atoms with van der Waals surface area (Å²) in [5, 5.41) is 1.29. The smallest absolute Gasteiger partial charge is 0.269 e. The number of hydrogen-bond acceptors (Lipinski definition) is 5. The average molecular weight is 540 g/mol. The maximum atomic E-state index is 11.7. The molecule has 2 aromatic heterocycles. The van der Waals surface area contributed by atoms with Crippen LogP contribution in [0.25, 0.3) is 16.6 Å². The minimum absolute atomic E-state index is 0. The number of imidazole rings is 1. The molecule has 0 aliphatic carbocycles. The quantitative estimate of drug-likeness (QED) is 0.386. The summed E-state index contributed by atoms with van der Waals surface area (Å²) in [5.74, 6) is 0.925. The zero-order valence-electron chi connectivity index (χ0n) is 20.7. The van der Waals surface area contributed by atoms with Gasteiger partial charge in [0.2, 0.25) is 0 Å². The minimum atomic E-state index is -0.528. The van der Waals surface area contributed by atoms with Gasteiger partial charge in [0.05, 0.1) is 16.9 Å². The number of fused-ring (bicyclic) bond motifs is 4. The summed E-state index contributed by atoms with van der Waals surface area (Å²) in [6, 6.07) is 17.1. The Morgan fingerprint density at radius 1 is 1.08 bits per heavy atom. The van der Waals surface area contributed by atoms with Crippen molar-refractivity contribution in [1.82, 2.24) is 19.4 Å². The van der Waals surface area contributed by atoms with Gasteiger partial charge in [-0.05, 0) is 74.5 Å². The number of ether oxygens (including phenoxy) is 1. The van der Waals surface area contributed by atoms with E-state index >= 15 is 0 Å². The number of carbonyl (C=O) groups is 1. The van der Waals surface area contributed by atoms with E-state index < -0.39 is 5.91 Å². The Hall–Kier alpha value is -3.13. The van der Waals surface area contributed by atoms with Crippen LogP contribution in [0.4, 0.5) is 0 Å². The van der Waals surface area contributed by atoms with Crippen LogP contribution < -0.4 is 10.5 Å². The topological polar surface area (TPSA) is 86.3 Å². The van der Waals surface area contributed by atoms with E-state index in [2.05, 4.69) is 46.3 Å². The number of aryl methyl sites for hydroxylation is 1. The van der Waals surface area contributed by atoms with Gasteiger partial charge < -0.3 is 15.4 Å². The molecule has 1 fully saturated rings. The number of rotatable bonds is 5. The second-order valence-electron chi connectivity index (χ2n) is 9.56. The molecular formula is C28H31Cl2N5O2. The van der Waals surface area contributed by atoms with Crippen LogP contribution in [0.1, 0.15) is 51.8 Å². The molecule has 0 radical (unpaired) electrons. The van der Waals surface area contributed by atoms with Crippen molar-refractivity contribution in [2.24, 2.45) is 5.73 Å². The zero-order valence-corrected chi connectivity index (χ0v) is 22.4. The standard InChI is InChI=1S/C28H29N5O2.2ClH/c1-18-8-9-22-21(5-3-6-23(22)31-18)19-10-13-32(14-11-19)15-12-20-4-2-7-24-27(20)35-16-25-26(28(29)34)30-17-33(24)25;;/h2-9,17,19H,10-16H2,1H3,(H2,29,34);2*1H. The van der Waals surface area contributed by atoms with Gasteiger partial charge in [-0.15, -0.1) is 24.8 Å². The first-order chi connectivity index (χ1) is 17.1. The van der Waals surface area contributed by atoms with Crippen LogP contribution in [0.15, 0.2) is 54.9 Å². The average Bonchev–Trinajstić information content (AvgIpc) is 3.32. The number of primary amides is 1. The van der Waals surface area contributed by atoms with Gasteiger partial charge in [0.15, 0.2) is 5.69 Å². The molecule has 9 heteroatoms. The summed E-state index contributed by atoms with van der Waals surface area (Å²) in [6.07, 6.45) is 4.89. The number of benzene rings is 2. The molecule has 0 atom stereocenters. The molecule has 1 saturated heterocycles. The summed E-state index contributed by atoms with van der Waals surface area (Å²) >= 11 is 0. The predicted molar refractivity (Wildman–Crippen MR) is 150 cm³/mol. The van der Waals surface area contributed by atoms with E-state index in [1.165, 1.54) is 16.5 Å². The fourth-order valence-corrected chi connectivity index (χ4v) is 5.57. The maximum Gasteiger partial charge on any atom is 0.269 e. The Labute approximate surface area is 228 Å². The zero-order chi connectivity index (χ0) is 23.9. The molecule has 4 aromatic rings. The van der Waals surface area contributed by atoms with Gasteiger partial charge in [0.25, 0.3) is 5.91 Å². The van der Waals surface area contributed by atoms with Crippen molar-refractivity contribution >= 4 is 41.6 Å². The molecule has 7 nitrogen and oxygen atoms in total. The Balaban J connectivity index is 0.00000160. The normalized spacial score (nSPS) is 15.2. The number of para-hydroxylation sites is 1. The molecule has 2 aliphatic rings. The molecule has 1 amide bonds. The maximum absolute atomic E-state index is 11.7. The Bertz CT molecular complexity index is 1430. The lowest BCUT2D eigenvalue weighted by Gasteiger charge is -2.33. The highest BCUT2D eigenvalue weighted by Crippen LogP contribution is 2.36. The molecule has 2 aromatic carbocycles. The minimum Gasteiger partial charge on any atom is -0.485 e. The number of halogens is 2. The first-order valence-corrected chi connectivity index (χ1v) is 12.3. The Morgan fingerprint density at radius 3 is 2.65 bits per heavy atom. The predicted octanol–water partition coefficient (Wildman–Crippen LogP) is 4.99. The third kappa shape index (κ3) is 5.04. The highest BCUT2D eigenvalue weighted by atomic mass is 35.5. The van der Waals surface area contributed by atoms with E-state index in [4.69, 9.17) is 15.5 Å². The van der Waals surface area contributed by atoms with Gasteiger partial charge in [-0.1, -0.05) is 30.3 Å². The molecule has 0 unspecified atom stereocenters. The van der Waals surface area contributed by atoms with Crippen LogP contribution in [0.2, 0.25) is 0 Å². The summed E-state index contributed by atoms with van der Waals surface area (Å²) in [4.78, 5) is 23.1. The lowest BCUT2D eigenvalue weighted by molar-refractivity contribution is 0.0993. The molecule has 37 heavy (non-hydrogen) atoms. The van der Waals surface area contributed by atoms with Crippen molar-refractivity contribution in [1.29, 1.82) is 0 Å². The van der Waals surface area contributed by atoms with Crippen LogP contribution in [0.5, 0.6) is 5.75 Å². The number of nitrogens with two attached hydrogens (primary N) is 1. The number of hydrogen-bond donors (Lipinski definition) is 1. The van der Waals surface area contributed by atoms with E-state index in [0.717, 1.165) is 61.5 Å². The van der Waals surface area contributed by atoms with Crippen molar-refractivity contribution < 1.29 is 9.53 Å². The van der Waals surface area contributed by atoms with Crippen molar-refractivity contribution in [2.75, 3.05) is 19.6 Å². The third-order valence-electron chi connectivity index (χ3n) is 7.42. The molecular weight excluding hydrogens is 509 g/mol. The van der Waals surface area contributed by atoms with Gasteiger partial charge in [0, 0.05) is 17.6 Å². The van der Waals surface area contributed by atoms with Crippen molar-refractivity contribution in [2.45, 2.75) is 38.7 Å². The summed E-state index contributed by atoms with van der Waals surface area (Å²) in [6.45, 7) is 5.51. The lowest BCUT2D eigenvalue weighted by Crippen LogP contribution is -2.34. The van der Waals surface area contributed by atoms with Crippen molar-refractivity contribution in [3.63, 3.8) is 0 Å². The fourth-order valence-electron chi connectivity index (χ4n) is 5.57. The first kappa shape index (κ1) is 26.9. The number of nitrogens with zero attached hydrogens (tertiary/aromatic N) is 4. The van der Waals surface area contributed by atoms with E-state index in [9.17, 15) is 4.79 Å². The van der Waals surface area contributed by atoms with Crippen molar-refractivity contribution in [3.8, 4) is 11.4 Å². The number of amides is 1. The van der Waals surface area contributed by atoms with Gasteiger partial charge in [0.1, 0.15) is 18.7 Å². The van der Waals surface area contributed by atoms with Gasteiger partial charge in [-0.25, -0.2) is 4.98 Å². The molecule has 2 N–H and O–H groups in total. The number of pyridine rings is 1. The van der Waals surface area contributed by atoms with E-state index in [-0.39, 0.29) is 30.5 Å². The highest BCUT2D eigenvalue weighted by Gasteiger charge is 2.26. The van der Waals surface area contributed by atoms with Crippen LogP contribution in [0, 0.1) is 6.92 Å². The van der Waals surface area contributed by atoms with E-state index in [1.54, 1.807) is 6.33 Å². The number of aromatic nitrogens is 3.